The van der Waals surface area contributed by atoms with Crippen LogP contribution in [0.3, 0.4) is 0 Å². The van der Waals surface area contributed by atoms with Crippen LogP contribution in [0.5, 0.6) is 11.5 Å². The molecule has 178 valence electrons. The summed E-state index contributed by atoms with van der Waals surface area (Å²) in [5, 5.41) is 4.67. The van der Waals surface area contributed by atoms with Crippen LogP contribution >= 0.6 is 11.3 Å². The number of benzene rings is 1. The van der Waals surface area contributed by atoms with Crippen molar-refractivity contribution < 1.29 is 19.1 Å². The highest BCUT2D eigenvalue weighted by atomic mass is 32.1. The average molecular weight is 479 g/mol. The van der Waals surface area contributed by atoms with E-state index in [1.165, 1.54) is 12.8 Å². The van der Waals surface area contributed by atoms with Gasteiger partial charge in [-0.05, 0) is 69.2 Å². The van der Waals surface area contributed by atoms with Crippen molar-refractivity contribution in [1.82, 2.24) is 0 Å². The second-order valence-electron chi connectivity index (χ2n) is 9.23. The van der Waals surface area contributed by atoms with Crippen LogP contribution in [0.4, 0.5) is 5.00 Å². The first-order chi connectivity index (χ1) is 16.5. The van der Waals surface area contributed by atoms with Crippen molar-refractivity contribution in [3.8, 4) is 23.3 Å². The number of aliphatic imine (C=N–C) groups is 1. The Hall–Kier alpha value is -2.82. The maximum Gasteiger partial charge on any atom is 0.174 e. The monoisotopic (exact) mass is 478 g/mol. The van der Waals surface area contributed by atoms with Crippen LogP contribution in [-0.2, 0) is 15.0 Å². The number of Topliss-reactive ketones (excluding diaryl/α,β-unsaturated/α-hetero) is 1. The van der Waals surface area contributed by atoms with Gasteiger partial charge in [0.25, 0.3) is 0 Å². The fourth-order valence-corrected chi connectivity index (χ4v) is 5.64. The lowest BCUT2D eigenvalue weighted by atomic mass is 9.69. The van der Waals surface area contributed by atoms with Crippen molar-refractivity contribution in [3.05, 3.63) is 40.8 Å². The van der Waals surface area contributed by atoms with Crippen LogP contribution in [0.25, 0.3) is 0 Å². The van der Waals surface area contributed by atoms with Crippen LogP contribution in [0.15, 0.2) is 34.6 Å². The highest BCUT2D eigenvalue weighted by Crippen LogP contribution is 2.42. The molecule has 0 N–H and O–H groups in total. The molecule has 1 aliphatic heterocycles. The van der Waals surface area contributed by atoms with Crippen molar-refractivity contribution in [3.63, 3.8) is 0 Å². The molecule has 0 radical (unpaired) electrons. The highest BCUT2D eigenvalue weighted by Gasteiger charge is 2.36. The lowest BCUT2D eigenvalue weighted by Crippen LogP contribution is -2.30. The Labute approximate surface area is 204 Å². The van der Waals surface area contributed by atoms with Crippen molar-refractivity contribution in [2.45, 2.75) is 76.0 Å². The number of hydroxylamine groups is 1. The van der Waals surface area contributed by atoms with Gasteiger partial charge in [-0.25, -0.2) is 9.83 Å². The quantitative estimate of drug-likeness (QED) is 0.521. The lowest BCUT2D eigenvalue weighted by Gasteiger charge is -2.33. The molecule has 0 bridgehead atoms. The Kier molecular flexibility index (Phi) is 6.62. The van der Waals surface area contributed by atoms with Gasteiger partial charge in [0.1, 0.15) is 17.1 Å². The van der Waals surface area contributed by atoms with E-state index in [-0.39, 0.29) is 12.3 Å². The van der Waals surface area contributed by atoms with E-state index < -0.39 is 5.41 Å². The first kappa shape index (κ1) is 22.9. The molecule has 6 nitrogen and oxygen atoms in total. The zero-order valence-corrected chi connectivity index (χ0v) is 20.5. The van der Waals surface area contributed by atoms with Gasteiger partial charge in [0.05, 0.1) is 18.6 Å². The van der Waals surface area contributed by atoms with Gasteiger partial charge in [-0.2, -0.15) is 5.06 Å². The molecular weight excluding hydrogens is 448 g/mol. The van der Waals surface area contributed by atoms with E-state index in [2.05, 4.69) is 29.0 Å². The number of rotatable bonds is 5. The van der Waals surface area contributed by atoms with Crippen molar-refractivity contribution in [1.29, 1.82) is 0 Å². The predicted octanol–water partition coefficient (Wildman–Crippen LogP) is 5.64. The number of methoxy groups -OCH3 is 1. The predicted molar refractivity (Wildman–Crippen MR) is 134 cm³/mol. The van der Waals surface area contributed by atoms with E-state index in [0.29, 0.717) is 31.5 Å². The zero-order valence-electron chi connectivity index (χ0n) is 19.7. The maximum absolute atomic E-state index is 12.1. The van der Waals surface area contributed by atoms with Gasteiger partial charge < -0.3 is 9.47 Å². The Balaban J connectivity index is 1.45. The molecule has 2 aromatic rings. The number of ether oxygens (including phenoxy) is 2. The van der Waals surface area contributed by atoms with Crippen LogP contribution in [-0.4, -0.2) is 31.6 Å². The summed E-state index contributed by atoms with van der Waals surface area (Å²) in [5.74, 6) is 8.81. The highest BCUT2D eigenvalue weighted by molar-refractivity contribution is 7.14. The molecule has 2 saturated carbocycles. The first-order valence-corrected chi connectivity index (χ1v) is 12.9. The largest absolute Gasteiger partial charge is 0.493 e. The molecule has 0 amide bonds. The van der Waals surface area contributed by atoms with Gasteiger partial charge in [-0.15, -0.1) is 11.3 Å². The van der Waals surface area contributed by atoms with E-state index in [1.54, 1.807) is 29.8 Å². The van der Waals surface area contributed by atoms with Gasteiger partial charge in [0.2, 0.25) is 0 Å². The van der Waals surface area contributed by atoms with Crippen molar-refractivity contribution >= 4 is 28.5 Å². The van der Waals surface area contributed by atoms with Gasteiger partial charge in [0.15, 0.2) is 17.7 Å². The van der Waals surface area contributed by atoms with E-state index in [0.717, 1.165) is 40.5 Å². The number of anilines is 1. The summed E-state index contributed by atoms with van der Waals surface area (Å²) < 4.78 is 12.0. The molecule has 1 aromatic carbocycles. The molecule has 3 aliphatic rings. The summed E-state index contributed by atoms with van der Waals surface area (Å²) in [7, 11) is 1.68. The Morgan fingerprint density at radius 2 is 1.97 bits per heavy atom. The minimum absolute atomic E-state index is 0.171. The molecule has 34 heavy (non-hydrogen) atoms. The molecule has 1 unspecified atom stereocenters. The van der Waals surface area contributed by atoms with Gasteiger partial charge in [-0.3, -0.25) is 4.79 Å². The molecule has 2 fully saturated rings. The SMILES string of the molecule is COc1ccc(C2(C#Cc3csc(N4C=NC(C)O4)c3)CCC(=O)CC2)cc1OC1CCCC1. The minimum atomic E-state index is -0.393. The summed E-state index contributed by atoms with van der Waals surface area (Å²) in [6, 6.07) is 8.18. The van der Waals surface area contributed by atoms with Crippen molar-refractivity contribution in [2.75, 3.05) is 12.2 Å². The fourth-order valence-electron chi connectivity index (χ4n) is 4.87. The van der Waals surface area contributed by atoms with Crippen molar-refractivity contribution in [2.24, 2.45) is 4.99 Å². The molecular formula is C27H30N2O4S. The minimum Gasteiger partial charge on any atom is -0.493 e. The molecule has 5 rings (SSSR count). The summed E-state index contributed by atoms with van der Waals surface area (Å²) in [5.41, 5.74) is 1.64. The number of thiophene rings is 1. The molecule has 0 spiro atoms. The number of ketones is 1. The van der Waals surface area contributed by atoms with Gasteiger partial charge in [0, 0.05) is 23.8 Å². The van der Waals surface area contributed by atoms with Crippen LogP contribution < -0.4 is 14.5 Å². The second-order valence-corrected chi connectivity index (χ2v) is 10.1. The van der Waals surface area contributed by atoms with Crippen LogP contribution in [0, 0.1) is 11.8 Å². The number of carbonyl (C=O) groups is 1. The first-order valence-electron chi connectivity index (χ1n) is 12.0. The molecule has 1 aromatic heterocycles. The Morgan fingerprint density at radius 1 is 1.18 bits per heavy atom. The summed E-state index contributed by atoms with van der Waals surface area (Å²) in [4.78, 5) is 22.0. The average Bonchev–Trinajstić information content (AvgIpc) is 3.61. The number of carbonyl (C=O) groups excluding carboxylic acids is 1. The summed E-state index contributed by atoms with van der Waals surface area (Å²) in [6.45, 7) is 1.90. The molecule has 7 heteroatoms. The van der Waals surface area contributed by atoms with E-state index in [9.17, 15) is 4.79 Å². The van der Waals surface area contributed by atoms with Crippen LogP contribution in [0.1, 0.15) is 69.4 Å². The number of hydrogen-bond acceptors (Lipinski definition) is 7. The van der Waals surface area contributed by atoms with Crippen LogP contribution in [0.2, 0.25) is 0 Å². The van der Waals surface area contributed by atoms with Gasteiger partial charge >= 0.3 is 0 Å². The Bertz CT molecular complexity index is 1130. The molecule has 1 atom stereocenters. The normalized spacial score (nSPS) is 22.0. The summed E-state index contributed by atoms with van der Waals surface area (Å²) in [6.07, 6.45) is 8.86. The third-order valence-electron chi connectivity index (χ3n) is 6.87. The molecule has 2 heterocycles. The third-order valence-corrected chi connectivity index (χ3v) is 7.78. The standard InChI is InChI=1S/C27H30N2O4S/c1-19-28-18-29(33-19)26-15-20(17-34-26)9-12-27(13-10-22(30)11-14-27)21-7-8-24(31-2)25(16-21)32-23-5-3-4-6-23/h7-8,15-19,23H,3-6,10-11,13-14H2,1-2H3. The Morgan fingerprint density at radius 3 is 2.68 bits per heavy atom. The molecule has 2 aliphatic carbocycles. The lowest BCUT2D eigenvalue weighted by molar-refractivity contribution is -0.120. The van der Waals surface area contributed by atoms with E-state index in [4.69, 9.17) is 14.3 Å². The van der Waals surface area contributed by atoms with E-state index in [1.807, 2.05) is 24.4 Å². The summed E-state index contributed by atoms with van der Waals surface area (Å²) >= 11 is 1.57. The zero-order chi connectivity index (χ0) is 23.5. The number of hydrogen-bond donors (Lipinski definition) is 0. The van der Waals surface area contributed by atoms with Gasteiger partial charge in [-0.1, -0.05) is 17.9 Å². The maximum atomic E-state index is 12.1. The smallest absolute Gasteiger partial charge is 0.174 e. The third kappa shape index (κ3) is 4.84. The van der Waals surface area contributed by atoms with E-state index >= 15 is 0 Å². The fraction of sp³-hybridized carbons (Fsp3) is 0.481. The second kappa shape index (κ2) is 9.81. The topological polar surface area (TPSA) is 60.4 Å². The molecule has 0 saturated heterocycles. The number of nitrogens with zero attached hydrogens (tertiary/aromatic N) is 2.